The van der Waals surface area contributed by atoms with E-state index in [1.807, 2.05) is 13.8 Å². The van der Waals surface area contributed by atoms with Gasteiger partial charge in [-0.05, 0) is 20.3 Å². The SMILES string of the molecule is CCC1NC(C)CS(=O)(=O)C1C. The van der Waals surface area contributed by atoms with Gasteiger partial charge in [-0.2, -0.15) is 0 Å². The van der Waals surface area contributed by atoms with E-state index in [-0.39, 0.29) is 23.1 Å². The summed E-state index contributed by atoms with van der Waals surface area (Å²) in [5.41, 5.74) is 0. The first kappa shape index (κ1) is 9.99. The van der Waals surface area contributed by atoms with Crippen molar-refractivity contribution >= 4 is 9.84 Å². The van der Waals surface area contributed by atoms with E-state index in [4.69, 9.17) is 0 Å². The van der Waals surface area contributed by atoms with Crippen molar-refractivity contribution in [3.05, 3.63) is 0 Å². The fourth-order valence-corrected chi connectivity index (χ4v) is 3.62. The first-order valence-corrected chi connectivity index (χ1v) is 6.16. The molecule has 0 amide bonds. The lowest BCUT2D eigenvalue weighted by Crippen LogP contribution is -2.55. The van der Waals surface area contributed by atoms with E-state index in [2.05, 4.69) is 5.32 Å². The summed E-state index contributed by atoms with van der Waals surface area (Å²) >= 11 is 0. The Morgan fingerprint density at radius 2 is 2.00 bits per heavy atom. The molecule has 0 radical (unpaired) electrons. The van der Waals surface area contributed by atoms with Crippen LogP contribution in [-0.2, 0) is 9.84 Å². The Morgan fingerprint density at radius 3 is 2.50 bits per heavy atom. The minimum absolute atomic E-state index is 0.108. The summed E-state index contributed by atoms with van der Waals surface area (Å²) in [6.07, 6.45) is 0.880. The Hall–Kier alpha value is -0.0900. The first-order valence-electron chi connectivity index (χ1n) is 4.45. The largest absolute Gasteiger partial charge is 0.309 e. The highest BCUT2D eigenvalue weighted by atomic mass is 32.2. The molecule has 72 valence electrons. The molecule has 0 aromatic heterocycles. The molecule has 0 spiro atoms. The Labute approximate surface area is 74.5 Å². The van der Waals surface area contributed by atoms with Crippen LogP contribution in [0.25, 0.3) is 0 Å². The second-order valence-corrected chi connectivity index (χ2v) is 6.02. The van der Waals surface area contributed by atoms with Gasteiger partial charge in [-0.15, -0.1) is 0 Å². The molecule has 3 atom stereocenters. The molecule has 3 unspecified atom stereocenters. The lowest BCUT2D eigenvalue weighted by molar-refractivity contribution is 0.409. The molecular weight excluding hydrogens is 174 g/mol. The number of nitrogens with one attached hydrogen (secondary N) is 1. The maximum absolute atomic E-state index is 11.5. The summed E-state index contributed by atoms with van der Waals surface area (Å²) in [6, 6.07) is 0.245. The van der Waals surface area contributed by atoms with Gasteiger partial charge in [0, 0.05) is 12.1 Å². The van der Waals surface area contributed by atoms with E-state index in [1.165, 1.54) is 0 Å². The lowest BCUT2D eigenvalue weighted by Gasteiger charge is -2.33. The van der Waals surface area contributed by atoms with Gasteiger partial charge in [0.1, 0.15) is 0 Å². The molecule has 3 nitrogen and oxygen atoms in total. The van der Waals surface area contributed by atoms with Crippen molar-refractivity contribution in [3.63, 3.8) is 0 Å². The van der Waals surface area contributed by atoms with E-state index in [1.54, 1.807) is 6.92 Å². The van der Waals surface area contributed by atoms with Gasteiger partial charge in [0.15, 0.2) is 9.84 Å². The van der Waals surface area contributed by atoms with Crippen LogP contribution in [0.3, 0.4) is 0 Å². The van der Waals surface area contributed by atoms with Crippen molar-refractivity contribution in [2.24, 2.45) is 0 Å². The smallest absolute Gasteiger partial charge is 0.155 e. The fourth-order valence-electron chi connectivity index (χ4n) is 1.75. The summed E-state index contributed by atoms with van der Waals surface area (Å²) in [5, 5.41) is 3.07. The third-order valence-corrected chi connectivity index (χ3v) is 4.98. The predicted octanol–water partition coefficient (Wildman–Crippen LogP) is 0.560. The maximum atomic E-state index is 11.5. The van der Waals surface area contributed by atoms with Crippen molar-refractivity contribution in [2.75, 3.05) is 5.75 Å². The average Bonchev–Trinajstić information content (AvgIpc) is 1.96. The second-order valence-electron chi connectivity index (χ2n) is 3.62. The molecule has 1 saturated heterocycles. The van der Waals surface area contributed by atoms with Gasteiger partial charge in [0.25, 0.3) is 0 Å². The Bertz CT molecular complexity index is 248. The van der Waals surface area contributed by atoms with Crippen LogP contribution in [0.4, 0.5) is 0 Å². The molecule has 0 aliphatic carbocycles. The molecule has 0 aromatic rings. The zero-order valence-electron chi connectivity index (χ0n) is 7.87. The summed E-state index contributed by atoms with van der Waals surface area (Å²) in [5.74, 6) is 0.282. The summed E-state index contributed by atoms with van der Waals surface area (Å²) in [7, 11) is -2.83. The molecule has 1 aliphatic heterocycles. The highest BCUT2D eigenvalue weighted by molar-refractivity contribution is 7.92. The number of hydrogen-bond donors (Lipinski definition) is 1. The van der Waals surface area contributed by atoms with Crippen LogP contribution in [0, 0.1) is 0 Å². The summed E-state index contributed by atoms with van der Waals surface area (Å²) in [6.45, 7) is 5.73. The van der Waals surface area contributed by atoms with Crippen molar-refractivity contribution in [1.82, 2.24) is 5.32 Å². The predicted molar refractivity (Wildman–Crippen MR) is 49.9 cm³/mol. The standard InChI is InChI=1S/C8H17NO2S/c1-4-8-7(3)12(10,11)5-6(2)9-8/h6-9H,4-5H2,1-3H3. The molecule has 1 heterocycles. The van der Waals surface area contributed by atoms with E-state index < -0.39 is 9.84 Å². The van der Waals surface area contributed by atoms with Crippen molar-refractivity contribution in [1.29, 1.82) is 0 Å². The quantitative estimate of drug-likeness (QED) is 0.659. The normalized spacial score (nSPS) is 41.1. The minimum Gasteiger partial charge on any atom is -0.309 e. The van der Waals surface area contributed by atoms with Gasteiger partial charge < -0.3 is 5.32 Å². The maximum Gasteiger partial charge on any atom is 0.155 e. The van der Waals surface area contributed by atoms with Crippen molar-refractivity contribution < 1.29 is 8.42 Å². The van der Waals surface area contributed by atoms with Crippen LogP contribution in [0.15, 0.2) is 0 Å². The molecule has 0 bridgehead atoms. The van der Waals surface area contributed by atoms with Gasteiger partial charge in [-0.3, -0.25) is 0 Å². The molecule has 1 fully saturated rings. The van der Waals surface area contributed by atoms with Crippen LogP contribution in [0.5, 0.6) is 0 Å². The number of hydrogen-bond acceptors (Lipinski definition) is 3. The summed E-state index contributed by atoms with van der Waals surface area (Å²) < 4.78 is 23.0. The third-order valence-electron chi connectivity index (χ3n) is 2.55. The van der Waals surface area contributed by atoms with Crippen LogP contribution in [-0.4, -0.2) is 31.5 Å². The number of rotatable bonds is 1. The average molecular weight is 191 g/mol. The highest BCUT2D eigenvalue weighted by Crippen LogP contribution is 2.16. The van der Waals surface area contributed by atoms with E-state index in [0.29, 0.717) is 0 Å². The minimum atomic E-state index is -2.83. The topological polar surface area (TPSA) is 46.2 Å². The van der Waals surface area contributed by atoms with E-state index in [0.717, 1.165) is 6.42 Å². The fraction of sp³-hybridized carbons (Fsp3) is 1.00. The van der Waals surface area contributed by atoms with Crippen LogP contribution >= 0.6 is 0 Å². The molecule has 0 saturated carbocycles. The van der Waals surface area contributed by atoms with Gasteiger partial charge in [0.05, 0.1) is 11.0 Å². The van der Waals surface area contributed by atoms with E-state index in [9.17, 15) is 8.42 Å². The number of sulfone groups is 1. The molecule has 4 heteroatoms. The zero-order valence-corrected chi connectivity index (χ0v) is 8.69. The molecule has 12 heavy (non-hydrogen) atoms. The molecule has 1 rings (SSSR count). The monoisotopic (exact) mass is 191 g/mol. The lowest BCUT2D eigenvalue weighted by atomic mass is 10.1. The molecule has 1 aliphatic rings. The van der Waals surface area contributed by atoms with Gasteiger partial charge in [-0.25, -0.2) is 8.42 Å². The zero-order chi connectivity index (χ0) is 9.35. The van der Waals surface area contributed by atoms with Crippen molar-refractivity contribution in [3.8, 4) is 0 Å². The molecular formula is C8H17NO2S. The van der Waals surface area contributed by atoms with Gasteiger partial charge >= 0.3 is 0 Å². The summed E-state index contributed by atoms with van der Waals surface area (Å²) in [4.78, 5) is 0. The Morgan fingerprint density at radius 1 is 1.42 bits per heavy atom. The van der Waals surface area contributed by atoms with Gasteiger partial charge in [0.2, 0.25) is 0 Å². The van der Waals surface area contributed by atoms with Crippen LogP contribution < -0.4 is 5.32 Å². The Kier molecular flexibility index (Phi) is 2.78. The van der Waals surface area contributed by atoms with Crippen LogP contribution in [0.2, 0.25) is 0 Å². The van der Waals surface area contributed by atoms with Gasteiger partial charge in [-0.1, -0.05) is 6.92 Å². The van der Waals surface area contributed by atoms with Crippen LogP contribution in [0.1, 0.15) is 27.2 Å². The molecule has 0 aromatic carbocycles. The second kappa shape index (κ2) is 3.34. The van der Waals surface area contributed by atoms with Crippen molar-refractivity contribution in [2.45, 2.75) is 44.5 Å². The van der Waals surface area contributed by atoms with E-state index >= 15 is 0 Å². The highest BCUT2D eigenvalue weighted by Gasteiger charge is 2.35. The first-order chi connectivity index (χ1) is 5.47. The third kappa shape index (κ3) is 1.80. The molecule has 1 N–H and O–H groups in total. The Balaban J connectivity index is 2.83.